The molecule has 0 fully saturated rings. The maximum Gasteiger partial charge on any atom is 0.168 e. The first-order valence-electron chi connectivity index (χ1n) is 9.66. The van der Waals surface area contributed by atoms with Crippen molar-refractivity contribution in [1.82, 2.24) is 4.98 Å². The Bertz CT molecular complexity index is 1090. The van der Waals surface area contributed by atoms with Crippen molar-refractivity contribution >= 4 is 22.8 Å². The summed E-state index contributed by atoms with van der Waals surface area (Å²) in [5.41, 5.74) is 5.58. The zero-order valence-electron chi connectivity index (χ0n) is 17.2. The number of aromatic nitrogens is 1. The van der Waals surface area contributed by atoms with E-state index < -0.39 is 0 Å². The van der Waals surface area contributed by atoms with E-state index in [9.17, 15) is 4.79 Å². The van der Waals surface area contributed by atoms with Crippen molar-refractivity contribution in [1.29, 1.82) is 0 Å². The molecule has 4 nitrogen and oxygen atoms in total. The Morgan fingerprint density at radius 1 is 1.17 bits per heavy atom. The molecule has 3 aromatic rings. The summed E-state index contributed by atoms with van der Waals surface area (Å²) < 4.78 is 5.38. The molecule has 29 heavy (non-hydrogen) atoms. The number of fused-ring (bicyclic) bond motifs is 1. The van der Waals surface area contributed by atoms with Crippen LogP contribution in [0.15, 0.2) is 52.8 Å². The number of ketones is 1. The van der Waals surface area contributed by atoms with Gasteiger partial charge in [-0.15, -0.1) is 11.3 Å². The fourth-order valence-electron chi connectivity index (χ4n) is 3.71. The van der Waals surface area contributed by atoms with Gasteiger partial charge in [-0.3, -0.25) is 9.79 Å². The second kappa shape index (κ2) is 7.56. The van der Waals surface area contributed by atoms with Crippen LogP contribution < -0.4 is 4.74 Å². The highest BCUT2D eigenvalue weighted by Crippen LogP contribution is 2.31. The van der Waals surface area contributed by atoms with Crippen LogP contribution in [0.2, 0.25) is 0 Å². The topological polar surface area (TPSA) is 51.5 Å². The molecule has 0 radical (unpaired) electrons. The van der Waals surface area contributed by atoms with Gasteiger partial charge < -0.3 is 4.74 Å². The molecule has 2 heterocycles. The number of aryl methyl sites for hydroxylation is 1. The Kier molecular flexibility index (Phi) is 5.09. The summed E-state index contributed by atoms with van der Waals surface area (Å²) in [5, 5.41) is 3.00. The number of hydrogen-bond acceptors (Lipinski definition) is 5. The molecule has 0 saturated carbocycles. The van der Waals surface area contributed by atoms with Crippen LogP contribution in [0.5, 0.6) is 5.75 Å². The van der Waals surface area contributed by atoms with Crippen LogP contribution >= 0.6 is 11.3 Å². The van der Waals surface area contributed by atoms with E-state index in [1.165, 1.54) is 5.56 Å². The first kappa shape index (κ1) is 19.5. The van der Waals surface area contributed by atoms with Gasteiger partial charge in [0.25, 0.3) is 0 Å². The number of carbonyl (C=O) groups is 1. The minimum atomic E-state index is -0.218. The first-order chi connectivity index (χ1) is 13.8. The van der Waals surface area contributed by atoms with Gasteiger partial charge in [0.15, 0.2) is 5.78 Å². The van der Waals surface area contributed by atoms with Crippen LogP contribution in [0, 0.1) is 6.92 Å². The number of aliphatic imine (C=N–C) groups is 1. The molecule has 5 heteroatoms. The lowest BCUT2D eigenvalue weighted by molar-refractivity contribution is 0.100. The lowest BCUT2D eigenvalue weighted by atomic mass is 9.85. The molecule has 0 N–H and O–H groups in total. The van der Waals surface area contributed by atoms with Gasteiger partial charge in [0.05, 0.1) is 24.8 Å². The number of rotatable bonds is 5. The monoisotopic (exact) mass is 404 g/mol. The van der Waals surface area contributed by atoms with Crippen molar-refractivity contribution in [2.24, 2.45) is 4.99 Å². The third-order valence-corrected chi connectivity index (χ3v) is 6.10. The summed E-state index contributed by atoms with van der Waals surface area (Å²) in [6, 6.07) is 13.7. The molecule has 4 rings (SSSR count). The van der Waals surface area contributed by atoms with Crippen LogP contribution in [0.4, 0.5) is 0 Å². The van der Waals surface area contributed by atoms with Crippen molar-refractivity contribution in [3.8, 4) is 16.3 Å². The summed E-state index contributed by atoms with van der Waals surface area (Å²) in [6.07, 6.45) is 1.13. The minimum absolute atomic E-state index is 0.0667. The normalized spacial score (nSPS) is 14.8. The maximum absolute atomic E-state index is 13.0. The van der Waals surface area contributed by atoms with Crippen molar-refractivity contribution in [3.05, 3.63) is 70.2 Å². The number of methoxy groups -OCH3 is 1. The summed E-state index contributed by atoms with van der Waals surface area (Å²) >= 11 is 1.61. The number of nitrogens with zero attached hydrogens (tertiary/aromatic N) is 2. The highest BCUT2D eigenvalue weighted by Gasteiger charge is 2.28. The first-order valence-corrected chi connectivity index (χ1v) is 10.5. The van der Waals surface area contributed by atoms with Crippen LogP contribution in [-0.4, -0.2) is 29.1 Å². The maximum atomic E-state index is 13.0. The van der Waals surface area contributed by atoms with E-state index in [2.05, 4.69) is 24.9 Å². The van der Waals surface area contributed by atoms with Gasteiger partial charge in [0.1, 0.15) is 10.8 Å². The molecule has 1 aliphatic rings. The quantitative estimate of drug-likeness (QED) is 0.526. The Hall–Kier alpha value is -2.79. The fourth-order valence-corrected chi connectivity index (χ4v) is 4.51. The molecule has 0 unspecified atom stereocenters. The number of carbonyl (C=O) groups excluding carboxylic acids is 1. The standard InChI is InChI=1S/C24H24N2O2S/c1-15-14-29-23(25-15)17-7-5-16(6-8-17)22(27)12-21-20-11-19(28-4)10-9-18(20)13-24(2,3)26-21/h5-11,14H,12-13H2,1-4H3. The Balaban J connectivity index is 1.59. The van der Waals surface area contributed by atoms with Gasteiger partial charge in [-0.05, 0) is 44.9 Å². The molecule has 0 saturated heterocycles. The molecular weight excluding hydrogens is 380 g/mol. The molecule has 1 aliphatic heterocycles. The second-order valence-electron chi connectivity index (χ2n) is 8.04. The molecule has 0 spiro atoms. The Morgan fingerprint density at radius 3 is 2.59 bits per heavy atom. The molecular formula is C24H24N2O2S. The van der Waals surface area contributed by atoms with Gasteiger partial charge >= 0.3 is 0 Å². The number of benzene rings is 2. The van der Waals surface area contributed by atoms with E-state index >= 15 is 0 Å². The van der Waals surface area contributed by atoms with E-state index in [-0.39, 0.29) is 17.7 Å². The summed E-state index contributed by atoms with van der Waals surface area (Å²) in [6.45, 7) is 6.20. The lowest BCUT2D eigenvalue weighted by Gasteiger charge is -2.29. The molecule has 0 amide bonds. The number of ether oxygens (including phenoxy) is 1. The Morgan fingerprint density at radius 2 is 1.93 bits per heavy atom. The van der Waals surface area contributed by atoms with Gasteiger partial charge in [-0.1, -0.05) is 30.3 Å². The number of Topliss-reactive ketones (excluding diaryl/α,β-unsaturated/α-hetero) is 1. The number of thiazole rings is 1. The smallest absolute Gasteiger partial charge is 0.168 e. The summed E-state index contributed by atoms with van der Waals surface area (Å²) in [7, 11) is 1.65. The Labute approximate surface area is 175 Å². The van der Waals surface area contributed by atoms with Crippen LogP contribution in [0.25, 0.3) is 10.6 Å². The molecule has 0 atom stereocenters. The SMILES string of the molecule is COc1ccc2c(c1)C(CC(=O)c1ccc(-c3nc(C)cs3)cc1)=NC(C)(C)C2. The van der Waals surface area contributed by atoms with Gasteiger partial charge in [-0.25, -0.2) is 4.98 Å². The molecule has 148 valence electrons. The van der Waals surface area contributed by atoms with Gasteiger partial charge in [0, 0.05) is 27.8 Å². The second-order valence-corrected chi connectivity index (χ2v) is 8.90. The van der Waals surface area contributed by atoms with Crippen LogP contribution in [0.1, 0.15) is 47.4 Å². The molecule has 0 aliphatic carbocycles. The van der Waals surface area contributed by atoms with E-state index in [1.54, 1.807) is 18.4 Å². The zero-order chi connectivity index (χ0) is 20.6. The van der Waals surface area contributed by atoms with Gasteiger partial charge in [-0.2, -0.15) is 0 Å². The molecule has 0 bridgehead atoms. The predicted molar refractivity (Wildman–Crippen MR) is 119 cm³/mol. The third kappa shape index (κ3) is 4.15. The average Bonchev–Trinajstić information content (AvgIpc) is 3.13. The van der Waals surface area contributed by atoms with Crippen molar-refractivity contribution in [3.63, 3.8) is 0 Å². The minimum Gasteiger partial charge on any atom is -0.497 e. The van der Waals surface area contributed by atoms with E-state index in [4.69, 9.17) is 9.73 Å². The predicted octanol–water partition coefficient (Wildman–Crippen LogP) is 5.52. The molecule has 1 aromatic heterocycles. The largest absolute Gasteiger partial charge is 0.497 e. The highest BCUT2D eigenvalue weighted by atomic mass is 32.1. The summed E-state index contributed by atoms with van der Waals surface area (Å²) in [5.74, 6) is 0.851. The van der Waals surface area contributed by atoms with Crippen molar-refractivity contribution in [2.75, 3.05) is 7.11 Å². The molecule has 2 aromatic carbocycles. The van der Waals surface area contributed by atoms with E-state index in [0.717, 1.165) is 39.7 Å². The van der Waals surface area contributed by atoms with E-state index in [0.29, 0.717) is 5.56 Å². The van der Waals surface area contributed by atoms with Crippen LogP contribution in [0.3, 0.4) is 0 Å². The van der Waals surface area contributed by atoms with Gasteiger partial charge in [0.2, 0.25) is 0 Å². The zero-order valence-corrected chi connectivity index (χ0v) is 18.0. The van der Waals surface area contributed by atoms with Crippen LogP contribution in [-0.2, 0) is 6.42 Å². The van der Waals surface area contributed by atoms with E-state index in [1.807, 2.05) is 48.7 Å². The average molecular weight is 405 g/mol. The number of hydrogen-bond donors (Lipinski definition) is 0. The fraction of sp³-hybridized carbons (Fsp3) is 0.292. The van der Waals surface area contributed by atoms with Crippen molar-refractivity contribution < 1.29 is 9.53 Å². The summed E-state index contributed by atoms with van der Waals surface area (Å²) in [4.78, 5) is 22.4. The van der Waals surface area contributed by atoms with Crippen molar-refractivity contribution in [2.45, 2.75) is 39.2 Å². The lowest BCUT2D eigenvalue weighted by Crippen LogP contribution is -2.30. The highest BCUT2D eigenvalue weighted by molar-refractivity contribution is 7.13. The third-order valence-electron chi connectivity index (χ3n) is 5.09.